The number of benzene rings is 16. The average Bonchev–Trinajstić information content (AvgIpc) is 1.52. The number of fused-ring (bicyclic) bond motifs is 16. The van der Waals surface area contributed by atoms with Gasteiger partial charge in [0.1, 0.15) is 0 Å². The zero-order chi connectivity index (χ0) is 69.3. The average molecular weight is 1330 g/mol. The number of anilines is 6. The molecule has 0 fully saturated rings. The highest BCUT2D eigenvalue weighted by Gasteiger charge is 2.53. The molecule has 0 saturated heterocycles. The molecule has 0 bridgehead atoms. The Balaban J connectivity index is 0.751. The Kier molecular flexibility index (Phi) is 14.0. The topological polar surface area (TPSA) is 6.48 Å². The maximum atomic E-state index is 2.53. The molecule has 0 aliphatic heterocycles. The first-order chi connectivity index (χ1) is 51.3. The van der Waals surface area contributed by atoms with Gasteiger partial charge in [-0.2, -0.15) is 0 Å². The van der Waals surface area contributed by atoms with E-state index in [1.54, 1.807) is 0 Å². The van der Waals surface area contributed by atoms with E-state index in [1.165, 1.54) is 139 Å². The predicted molar refractivity (Wildman–Crippen MR) is 432 cm³/mol. The molecule has 0 unspecified atom stereocenters. The van der Waals surface area contributed by atoms with Gasteiger partial charge in [-0.05, 0) is 233 Å². The van der Waals surface area contributed by atoms with Crippen molar-refractivity contribution in [2.45, 2.75) is 37.0 Å². The largest absolute Gasteiger partial charge is 0.310 e. The van der Waals surface area contributed by atoms with Gasteiger partial charge in [0.2, 0.25) is 0 Å². The SMILES string of the molecule is Cc1ccc2c(c1)C(c1ccccc1)(c1ccccc1)c1cc(N(c3ccc(-c4ccc(N(c5cccc(-c6ccccc6)c5)c5ccc6c(c5)-c5ccccc5C65c6ccccc6-c6ccccc65)cc4)c(C)c3)c3ccc4c(c3)C(c3ccccc3)(c3ccccc3)c3cc(C)ccc3-4)ccc1-2. The lowest BCUT2D eigenvalue weighted by Gasteiger charge is -2.36. The van der Waals surface area contributed by atoms with Crippen LogP contribution >= 0.6 is 0 Å². The Bertz CT molecular complexity index is 5760. The highest BCUT2D eigenvalue weighted by molar-refractivity contribution is 5.98. The van der Waals surface area contributed by atoms with Crippen LogP contribution in [0.5, 0.6) is 0 Å². The highest BCUT2D eigenvalue weighted by Crippen LogP contribution is 2.65. The van der Waals surface area contributed by atoms with E-state index in [-0.39, 0.29) is 0 Å². The zero-order valence-electron chi connectivity index (χ0n) is 58.3. The summed E-state index contributed by atoms with van der Waals surface area (Å²) in [6, 6.07) is 144. The zero-order valence-corrected chi connectivity index (χ0v) is 58.3. The van der Waals surface area contributed by atoms with Crippen LogP contribution in [-0.2, 0) is 16.2 Å². The van der Waals surface area contributed by atoms with Crippen LogP contribution in [0.1, 0.15) is 83.5 Å². The maximum Gasteiger partial charge on any atom is 0.0725 e. The lowest BCUT2D eigenvalue weighted by atomic mass is 9.67. The van der Waals surface area contributed by atoms with E-state index in [0.29, 0.717) is 0 Å². The van der Waals surface area contributed by atoms with Crippen molar-refractivity contribution in [1.82, 2.24) is 0 Å². The van der Waals surface area contributed by atoms with Crippen LogP contribution in [0.3, 0.4) is 0 Å². The fourth-order valence-electron chi connectivity index (χ4n) is 18.9. The van der Waals surface area contributed by atoms with Crippen molar-refractivity contribution in [2.75, 3.05) is 9.80 Å². The molecule has 20 rings (SSSR count). The van der Waals surface area contributed by atoms with Crippen LogP contribution in [-0.4, -0.2) is 0 Å². The summed E-state index contributed by atoms with van der Waals surface area (Å²) in [5, 5.41) is 0. The lowest BCUT2D eigenvalue weighted by Crippen LogP contribution is -2.29. The first kappa shape index (κ1) is 61.0. The highest BCUT2D eigenvalue weighted by atomic mass is 15.1. The molecule has 0 radical (unpaired) electrons. The van der Waals surface area contributed by atoms with Gasteiger partial charge in [0.15, 0.2) is 0 Å². The van der Waals surface area contributed by atoms with Crippen LogP contribution < -0.4 is 9.80 Å². The first-order valence-electron chi connectivity index (χ1n) is 36.4. The molecular weight excluding hydrogens is 1250 g/mol. The molecule has 1 spiro atoms. The normalized spacial score (nSPS) is 13.8. The summed E-state index contributed by atoms with van der Waals surface area (Å²) < 4.78 is 0. The summed E-state index contributed by atoms with van der Waals surface area (Å²) in [5.74, 6) is 0. The molecule has 4 aliphatic carbocycles. The lowest BCUT2D eigenvalue weighted by molar-refractivity contribution is 0.766. The molecule has 0 saturated carbocycles. The molecule has 2 nitrogen and oxygen atoms in total. The fraction of sp³-hybridized carbons (Fsp3) is 0.0588. The van der Waals surface area contributed by atoms with Crippen molar-refractivity contribution in [2.24, 2.45) is 0 Å². The van der Waals surface area contributed by atoms with Crippen molar-refractivity contribution in [3.05, 3.63) is 466 Å². The van der Waals surface area contributed by atoms with Crippen LogP contribution in [0, 0.1) is 20.8 Å². The fourth-order valence-corrected chi connectivity index (χ4v) is 18.9. The summed E-state index contributed by atoms with van der Waals surface area (Å²) in [6.07, 6.45) is 0. The number of hydrogen-bond acceptors (Lipinski definition) is 2. The Hall–Kier alpha value is -12.9. The second-order valence-electron chi connectivity index (χ2n) is 28.8. The molecule has 104 heavy (non-hydrogen) atoms. The molecule has 16 aromatic carbocycles. The van der Waals surface area contributed by atoms with Crippen molar-refractivity contribution in [3.8, 4) is 66.8 Å². The summed E-state index contributed by atoms with van der Waals surface area (Å²) in [5.41, 5.74) is 38.8. The van der Waals surface area contributed by atoms with E-state index in [9.17, 15) is 0 Å². The molecule has 0 atom stereocenters. The Morgan fingerprint density at radius 2 is 0.500 bits per heavy atom. The van der Waals surface area contributed by atoms with Crippen molar-refractivity contribution in [3.63, 3.8) is 0 Å². The molecule has 0 N–H and O–H groups in total. The number of nitrogens with zero attached hydrogens (tertiary/aromatic N) is 2. The van der Waals surface area contributed by atoms with Gasteiger partial charge in [0, 0.05) is 34.1 Å². The molecule has 0 aromatic heterocycles. The van der Waals surface area contributed by atoms with E-state index in [1.807, 2.05) is 0 Å². The van der Waals surface area contributed by atoms with Crippen molar-refractivity contribution in [1.29, 1.82) is 0 Å². The molecule has 490 valence electrons. The van der Waals surface area contributed by atoms with Gasteiger partial charge in [0.05, 0.1) is 16.2 Å². The van der Waals surface area contributed by atoms with E-state index >= 15 is 0 Å². The van der Waals surface area contributed by atoms with Gasteiger partial charge in [-0.15, -0.1) is 0 Å². The minimum absolute atomic E-state index is 0.436. The quantitative estimate of drug-likeness (QED) is 0.120. The third-order valence-corrected chi connectivity index (χ3v) is 23.3. The second kappa shape index (κ2) is 23.9. The van der Waals surface area contributed by atoms with Gasteiger partial charge in [-0.3, -0.25) is 0 Å². The van der Waals surface area contributed by atoms with Gasteiger partial charge in [-0.1, -0.05) is 321 Å². The van der Waals surface area contributed by atoms with E-state index in [4.69, 9.17) is 0 Å². The van der Waals surface area contributed by atoms with Gasteiger partial charge in [-0.25, -0.2) is 0 Å². The number of aryl methyl sites for hydroxylation is 3. The molecule has 0 heterocycles. The number of rotatable bonds is 12. The Morgan fingerprint density at radius 1 is 0.173 bits per heavy atom. The van der Waals surface area contributed by atoms with Crippen LogP contribution in [0.25, 0.3) is 66.8 Å². The van der Waals surface area contributed by atoms with Crippen molar-refractivity contribution < 1.29 is 0 Å². The minimum Gasteiger partial charge on any atom is -0.310 e. The Morgan fingerprint density at radius 3 is 0.971 bits per heavy atom. The number of hydrogen-bond donors (Lipinski definition) is 0. The van der Waals surface area contributed by atoms with Gasteiger partial charge in [0.25, 0.3) is 0 Å². The predicted octanol–water partition coefficient (Wildman–Crippen LogP) is 26.0. The molecule has 2 heteroatoms. The molecule has 0 amide bonds. The summed E-state index contributed by atoms with van der Waals surface area (Å²) >= 11 is 0. The van der Waals surface area contributed by atoms with E-state index < -0.39 is 16.2 Å². The standard InChI is InChI=1S/C102H72N2/c1-67-44-54-87-89-57-51-81(65-98(89)100(96(87)60-67,73-29-11-5-12-30-73)74-31-13-6-14-32-74)104(82-52-58-90-88-55-45-68(2)61-97(88)101(99(90)66-82,75-33-15-7-16-34-75)76-35-17-8-18-36-76)79-50-56-83(69(3)62-79)71-46-48-77(49-47-71)103(78-37-25-28-72(63-78)70-26-9-4-10-27-70)80-53-59-95-91(64-80)86-40-21-24-43-94(86)102(95)92-41-22-19-38-84(92)85-39-20-23-42-93(85)102/h4-66H,1-3H3. The Labute approximate surface area is 609 Å². The third kappa shape index (κ3) is 8.95. The first-order valence-corrected chi connectivity index (χ1v) is 36.4. The van der Waals surface area contributed by atoms with Crippen LogP contribution in [0.4, 0.5) is 34.1 Å². The summed E-state index contributed by atoms with van der Waals surface area (Å²) in [6.45, 7) is 6.75. The van der Waals surface area contributed by atoms with Crippen LogP contribution in [0.2, 0.25) is 0 Å². The minimum atomic E-state index is -0.607. The smallest absolute Gasteiger partial charge is 0.0725 e. The van der Waals surface area contributed by atoms with Crippen LogP contribution in [0.15, 0.2) is 382 Å². The van der Waals surface area contributed by atoms with Gasteiger partial charge >= 0.3 is 0 Å². The summed E-state index contributed by atoms with van der Waals surface area (Å²) in [7, 11) is 0. The van der Waals surface area contributed by atoms with Crippen molar-refractivity contribution >= 4 is 34.1 Å². The monoisotopic (exact) mass is 1320 g/mol. The summed E-state index contributed by atoms with van der Waals surface area (Å²) in [4.78, 5) is 4.99. The van der Waals surface area contributed by atoms with Gasteiger partial charge < -0.3 is 9.80 Å². The third-order valence-electron chi connectivity index (χ3n) is 23.3. The molecule has 4 aliphatic rings. The van der Waals surface area contributed by atoms with E-state index in [0.717, 1.165) is 45.3 Å². The maximum absolute atomic E-state index is 2.53. The van der Waals surface area contributed by atoms with E-state index in [2.05, 4.69) is 413 Å². The molecular formula is C102H72N2. The molecule has 16 aromatic rings. The second-order valence-corrected chi connectivity index (χ2v) is 28.8.